The second-order valence-electron chi connectivity index (χ2n) is 6.46. The monoisotopic (exact) mass is 285 g/mol. The number of pyridine rings is 1. The van der Waals surface area contributed by atoms with Crippen LogP contribution in [0.3, 0.4) is 0 Å². The standard InChI is InChI=1S/C18H24N2O/c1-13-16(12-20(2)14-8-4-3-5-9-14)18(21)15-10-6-7-11-17(15)19-13/h6-7,10-11,14H,3-5,8-9,12H2,1-2H3,(H,19,21)/p+1. The minimum absolute atomic E-state index is 0.206. The number of hydrogen-bond donors (Lipinski definition) is 2. The molecule has 0 radical (unpaired) electrons. The van der Waals surface area contributed by atoms with Crippen LogP contribution in [0.1, 0.15) is 43.4 Å². The molecule has 0 amide bonds. The first kappa shape index (κ1) is 14.3. The highest BCUT2D eigenvalue weighted by Crippen LogP contribution is 2.16. The fourth-order valence-corrected chi connectivity index (χ4v) is 3.63. The van der Waals surface area contributed by atoms with Crippen molar-refractivity contribution < 1.29 is 4.90 Å². The van der Waals surface area contributed by atoms with Crippen LogP contribution in [0.5, 0.6) is 0 Å². The zero-order valence-corrected chi connectivity index (χ0v) is 13.0. The number of nitrogens with one attached hydrogen (secondary N) is 2. The minimum atomic E-state index is 0.206. The predicted molar refractivity (Wildman–Crippen MR) is 86.8 cm³/mol. The van der Waals surface area contributed by atoms with Crippen LogP contribution >= 0.6 is 0 Å². The number of aromatic amines is 1. The molecule has 1 aliphatic rings. The highest BCUT2D eigenvalue weighted by atomic mass is 16.1. The maximum atomic E-state index is 12.7. The number of hydrogen-bond acceptors (Lipinski definition) is 1. The van der Waals surface area contributed by atoms with Crippen LogP contribution in [-0.2, 0) is 6.54 Å². The molecule has 0 bridgehead atoms. The van der Waals surface area contributed by atoms with Crippen molar-refractivity contribution in [3.63, 3.8) is 0 Å². The average molecular weight is 285 g/mol. The van der Waals surface area contributed by atoms with E-state index in [9.17, 15) is 4.79 Å². The fourth-order valence-electron chi connectivity index (χ4n) is 3.63. The van der Waals surface area contributed by atoms with E-state index < -0.39 is 0 Å². The van der Waals surface area contributed by atoms with Gasteiger partial charge in [0.2, 0.25) is 0 Å². The zero-order valence-electron chi connectivity index (χ0n) is 13.0. The smallest absolute Gasteiger partial charge is 0.198 e. The van der Waals surface area contributed by atoms with Crippen molar-refractivity contribution in [2.24, 2.45) is 0 Å². The van der Waals surface area contributed by atoms with E-state index in [1.807, 2.05) is 31.2 Å². The molecule has 0 spiro atoms. The fraction of sp³-hybridized carbons (Fsp3) is 0.500. The Kier molecular flexibility index (Phi) is 4.11. The number of rotatable bonds is 3. The molecule has 1 aliphatic carbocycles. The Morgan fingerprint density at radius 1 is 1.19 bits per heavy atom. The van der Waals surface area contributed by atoms with Crippen molar-refractivity contribution in [2.45, 2.75) is 51.6 Å². The maximum absolute atomic E-state index is 12.7. The molecule has 1 fully saturated rings. The van der Waals surface area contributed by atoms with Crippen molar-refractivity contribution in [3.8, 4) is 0 Å². The Morgan fingerprint density at radius 3 is 2.67 bits per heavy atom. The first-order chi connectivity index (χ1) is 10.2. The molecule has 1 heterocycles. The number of H-pyrrole nitrogens is 1. The highest BCUT2D eigenvalue weighted by Gasteiger charge is 2.23. The normalized spacial score (nSPS) is 18.0. The van der Waals surface area contributed by atoms with Crippen LogP contribution in [0.15, 0.2) is 29.1 Å². The van der Waals surface area contributed by atoms with Crippen molar-refractivity contribution in [2.75, 3.05) is 7.05 Å². The van der Waals surface area contributed by atoms with Gasteiger partial charge in [0.05, 0.1) is 18.7 Å². The molecule has 3 heteroatoms. The van der Waals surface area contributed by atoms with Gasteiger partial charge in [-0.3, -0.25) is 4.79 Å². The van der Waals surface area contributed by atoms with Gasteiger partial charge < -0.3 is 9.88 Å². The van der Waals surface area contributed by atoms with Crippen molar-refractivity contribution >= 4 is 10.9 Å². The molecular formula is C18H25N2O+. The largest absolute Gasteiger partial charge is 0.358 e. The molecule has 1 atom stereocenters. The Bertz CT molecular complexity index is 683. The van der Waals surface area contributed by atoms with Gasteiger partial charge in [0.25, 0.3) is 0 Å². The summed E-state index contributed by atoms with van der Waals surface area (Å²) in [5.41, 5.74) is 3.13. The summed E-state index contributed by atoms with van der Waals surface area (Å²) < 4.78 is 0. The van der Waals surface area contributed by atoms with E-state index in [0.717, 1.165) is 28.7 Å². The van der Waals surface area contributed by atoms with Gasteiger partial charge in [-0.25, -0.2) is 0 Å². The second kappa shape index (κ2) is 6.02. The molecule has 0 aliphatic heterocycles. The summed E-state index contributed by atoms with van der Waals surface area (Å²) in [6, 6.07) is 8.52. The summed E-state index contributed by atoms with van der Waals surface area (Å²) in [5, 5.41) is 0.814. The van der Waals surface area contributed by atoms with Crippen LogP contribution in [0.25, 0.3) is 10.9 Å². The number of aryl methyl sites for hydroxylation is 1. The molecular weight excluding hydrogens is 260 g/mol. The Balaban J connectivity index is 1.91. The lowest BCUT2D eigenvalue weighted by atomic mass is 9.94. The van der Waals surface area contributed by atoms with Gasteiger partial charge in [0.15, 0.2) is 5.43 Å². The second-order valence-corrected chi connectivity index (χ2v) is 6.46. The van der Waals surface area contributed by atoms with Crippen LogP contribution in [0, 0.1) is 6.92 Å². The maximum Gasteiger partial charge on any atom is 0.198 e. The van der Waals surface area contributed by atoms with E-state index in [1.54, 1.807) is 0 Å². The molecule has 1 saturated carbocycles. The summed E-state index contributed by atoms with van der Waals surface area (Å²) in [4.78, 5) is 17.6. The van der Waals surface area contributed by atoms with Gasteiger partial charge in [-0.1, -0.05) is 18.6 Å². The number of benzene rings is 1. The molecule has 0 saturated heterocycles. The van der Waals surface area contributed by atoms with E-state index in [-0.39, 0.29) is 5.43 Å². The third-order valence-electron chi connectivity index (χ3n) is 4.98. The van der Waals surface area contributed by atoms with E-state index in [1.165, 1.54) is 37.0 Å². The summed E-state index contributed by atoms with van der Waals surface area (Å²) in [6.45, 7) is 2.86. The lowest BCUT2D eigenvalue weighted by Gasteiger charge is -2.28. The average Bonchev–Trinajstić information content (AvgIpc) is 2.52. The van der Waals surface area contributed by atoms with E-state index >= 15 is 0 Å². The Morgan fingerprint density at radius 2 is 1.90 bits per heavy atom. The highest BCUT2D eigenvalue weighted by molar-refractivity contribution is 5.79. The quantitative estimate of drug-likeness (QED) is 0.891. The van der Waals surface area contributed by atoms with E-state index in [2.05, 4.69) is 12.0 Å². The SMILES string of the molecule is Cc1[nH]c2ccccc2c(=O)c1C[NH+](C)C1CCCCC1. The van der Waals surface area contributed by atoms with Crippen LogP contribution in [-0.4, -0.2) is 18.1 Å². The third-order valence-corrected chi connectivity index (χ3v) is 4.98. The molecule has 3 rings (SSSR count). The van der Waals surface area contributed by atoms with Crippen molar-refractivity contribution in [1.29, 1.82) is 0 Å². The summed E-state index contributed by atoms with van der Waals surface area (Å²) in [6.07, 6.45) is 6.66. The van der Waals surface area contributed by atoms with Crippen LogP contribution in [0.2, 0.25) is 0 Å². The number of para-hydroxylation sites is 1. The summed E-state index contributed by atoms with van der Waals surface area (Å²) in [7, 11) is 2.24. The molecule has 3 nitrogen and oxygen atoms in total. The van der Waals surface area contributed by atoms with Crippen LogP contribution in [0.4, 0.5) is 0 Å². The lowest BCUT2D eigenvalue weighted by Crippen LogP contribution is -3.12. The number of fused-ring (bicyclic) bond motifs is 1. The number of aromatic nitrogens is 1. The lowest BCUT2D eigenvalue weighted by molar-refractivity contribution is -0.921. The van der Waals surface area contributed by atoms with E-state index in [4.69, 9.17) is 0 Å². The molecule has 2 aromatic rings. The third kappa shape index (κ3) is 2.88. The zero-order chi connectivity index (χ0) is 14.8. The Labute approximate surface area is 126 Å². The molecule has 1 aromatic heterocycles. The van der Waals surface area contributed by atoms with Gasteiger partial charge in [-0.2, -0.15) is 0 Å². The van der Waals surface area contributed by atoms with Crippen LogP contribution < -0.4 is 10.3 Å². The van der Waals surface area contributed by atoms with Gasteiger partial charge in [0, 0.05) is 16.6 Å². The molecule has 1 unspecified atom stereocenters. The Hall–Kier alpha value is -1.61. The molecule has 1 aromatic carbocycles. The molecule has 21 heavy (non-hydrogen) atoms. The first-order valence-electron chi connectivity index (χ1n) is 8.09. The topological polar surface area (TPSA) is 37.3 Å². The van der Waals surface area contributed by atoms with Gasteiger partial charge >= 0.3 is 0 Å². The first-order valence-corrected chi connectivity index (χ1v) is 8.09. The van der Waals surface area contributed by atoms with Crippen molar-refractivity contribution in [1.82, 2.24) is 4.98 Å². The van der Waals surface area contributed by atoms with Crippen molar-refractivity contribution in [3.05, 3.63) is 45.7 Å². The summed E-state index contributed by atoms with van der Waals surface area (Å²) >= 11 is 0. The van der Waals surface area contributed by atoms with Gasteiger partial charge in [-0.15, -0.1) is 0 Å². The van der Waals surface area contributed by atoms with E-state index in [0.29, 0.717) is 6.04 Å². The number of quaternary nitrogens is 1. The molecule has 2 N–H and O–H groups in total. The molecule has 112 valence electrons. The predicted octanol–water partition coefficient (Wildman–Crippen LogP) is 2.18. The van der Waals surface area contributed by atoms with Gasteiger partial charge in [-0.05, 0) is 44.7 Å². The van der Waals surface area contributed by atoms with Gasteiger partial charge in [0.1, 0.15) is 6.54 Å². The summed E-state index contributed by atoms with van der Waals surface area (Å²) in [5.74, 6) is 0. The minimum Gasteiger partial charge on any atom is -0.358 e.